The summed E-state index contributed by atoms with van der Waals surface area (Å²) in [6.07, 6.45) is 0.691. The summed E-state index contributed by atoms with van der Waals surface area (Å²) in [5.41, 5.74) is 0.374. The summed E-state index contributed by atoms with van der Waals surface area (Å²) < 4.78 is 49.0. The van der Waals surface area contributed by atoms with Crippen molar-refractivity contribution in [3.8, 4) is 5.75 Å². The molecule has 8 nitrogen and oxygen atoms in total. The number of benzene rings is 3. The minimum atomic E-state index is -4.23. The third-order valence-corrected chi connectivity index (χ3v) is 7.83. The van der Waals surface area contributed by atoms with Gasteiger partial charge in [0.05, 0.1) is 17.2 Å². The highest BCUT2D eigenvalue weighted by atomic mass is 32.2. The highest BCUT2D eigenvalue weighted by molar-refractivity contribution is 7.92. The molecule has 0 aliphatic carbocycles. The molecule has 208 valence electrons. The van der Waals surface area contributed by atoms with Gasteiger partial charge in [-0.15, -0.1) is 0 Å². The van der Waals surface area contributed by atoms with Crippen molar-refractivity contribution in [3.05, 3.63) is 90.2 Å². The second-order valence-electron chi connectivity index (χ2n) is 8.81. The zero-order valence-electron chi connectivity index (χ0n) is 22.3. The van der Waals surface area contributed by atoms with Gasteiger partial charge in [0.25, 0.3) is 10.0 Å². The van der Waals surface area contributed by atoms with Gasteiger partial charge in [-0.1, -0.05) is 55.5 Å². The molecule has 0 radical (unpaired) electrons. The molecule has 1 atom stereocenters. The molecule has 1 N–H and O–H groups in total. The van der Waals surface area contributed by atoms with Gasteiger partial charge in [0.2, 0.25) is 11.8 Å². The summed E-state index contributed by atoms with van der Waals surface area (Å²) in [6.45, 7) is 5.02. The van der Waals surface area contributed by atoms with Gasteiger partial charge < -0.3 is 15.0 Å². The molecule has 0 bridgehead atoms. The molecule has 0 saturated heterocycles. The number of anilines is 1. The fourth-order valence-corrected chi connectivity index (χ4v) is 5.41. The van der Waals surface area contributed by atoms with Gasteiger partial charge >= 0.3 is 0 Å². The lowest BCUT2D eigenvalue weighted by Gasteiger charge is -2.32. The third-order valence-electron chi connectivity index (χ3n) is 6.06. The monoisotopic (exact) mass is 555 g/mol. The van der Waals surface area contributed by atoms with E-state index >= 15 is 0 Å². The second-order valence-corrected chi connectivity index (χ2v) is 10.7. The van der Waals surface area contributed by atoms with Crippen LogP contribution in [0.4, 0.5) is 10.1 Å². The molecular formula is C29H34FN3O5S. The van der Waals surface area contributed by atoms with E-state index in [1.54, 1.807) is 55.5 Å². The van der Waals surface area contributed by atoms with Gasteiger partial charge in [-0.25, -0.2) is 12.8 Å². The van der Waals surface area contributed by atoms with Gasteiger partial charge in [-0.3, -0.25) is 13.9 Å². The second kappa shape index (κ2) is 13.7. The number of rotatable bonds is 13. The van der Waals surface area contributed by atoms with Crippen LogP contribution in [0.15, 0.2) is 83.8 Å². The number of amides is 2. The van der Waals surface area contributed by atoms with E-state index in [0.717, 1.165) is 4.31 Å². The Hall–Kier alpha value is -3.92. The van der Waals surface area contributed by atoms with Gasteiger partial charge in [0, 0.05) is 18.7 Å². The lowest BCUT2D eigenvalue weighted by molar-refractivity contribution is -0.139. The van der Waals surface area contributed by atoms with Crippen LogP contribution in [0, 0.1) is 5.82 Å². The zero-order chi connectivity index (χ0) is 28.4. The average Bonchev–Trinajstić information content (AvgIpc) is 2.94. The van der Waals surface area contributed by atoms with E-state index in [1.807, 2.05) is 6.92 Å². The van der Waals surface area contributed by atoms with Crippen molar-refractivity contribution in [2.45, 2.75) is 44.7 Å². The van der Waals surface area contributed by atoms with E-state index in [2.05, 4.69) is 5.32 Å². The van der Waals surface area contributed by atoms with Crippen LogP contribution in [-0.4, -0.2) is 50.9 Å². The Bertz CT molecular complexity index is 1370. The molecule has 3 rings (SSSR count). The van der Waals surface area contributed by atoms with Crippen LogP contribution in [0.5, 0.6) is 5.75 Å². The first-order chi connectivity index (χ1) is 18.7. The number of hydrogen-bond acceptors (Lipinski definition) is 5. The maximum Gasteiger partial charge on any atom is 0.264 e. The summed E-state index contributed by atoms with van der Waals surface area (Å²) >= 11 is 0. The lowest BCUT2D eigenvalue weighted by atomic mass is 10.1. The van der Waals surface area contributed by atoms with E-state index in [0.29, 0.717) is 13.0 Å². The van der Waals surface area contributed by atoms with Gasteiger partial charge in [0.15, 0.2) is 0 Å². The summed E-state index contributed by atoms with van der Waals surface area (Å²) in [7, 11) is -4.23. The van der Waals surface area contributed by atoms with Crippen molar-refractivity contribution in [2.24, 2.45) is 0 Å². The Morgan fingerprint density at radius 1 is 0.949 bits per heavy atom. The Labute approximate surface area is 229 Å². The smallest absolute Gasteiger partial charge is 0.264 e. The summed E-state index contributed by atoms with van der Waals surface area (Å²) in [6, 6.07) is 19.2. The molecule has 3 aromatic carbocycles. The number of carbonyl (C=O) groups excluding carboxylic acids is 2. The van der Waals surface area contributed by atoms with Crippen LogP contribution < -0.4 is 14.4 Å². The standard InChI is InChI=1S/C29H34FN3O5S/c1-4-19-31-29(35)22(3)32(20-23-13-9-10-16-25(23)30)28(34)21-33(26-17-11-12-18-27(26)38-5-2)39(36,37)24-14-7-6-8-15-24/h6-18,22H,4-5,19-21H2,1-3H3,(H,31,35). The zero-order valence-corrected chi connectivity index (χ0v) is 23.2. The van der Waals surface area contributed by atoms with Gasteiger partial charge in [-0.05, 0) is 50.6 Å². The first-order valence-electron chi connectivity index (χ1n) is 12.8. The number of ether oxygens (including phenoxy) is 1. The Morgan fingerprint density at radius 2 is 1.59 bits per heavy atom. The minimum absolute atomic E-state index is 0.0153. The van der Waals surface area contributed by atoms with Gasteiger partial charge in [0.1, 0.15) is 24.2 Å². The number of halogens is 1. The lowest BCUT2D eigenvalue weighted by Crippen LogP contribution is -2.51. The average molecular weight is 556 g/mol. The number of carbonyl (C=O) groups is 2. The Morgan fingerprint density at radius 3 is 2.26 bits per heavy atom. The molecule has 3 aromatic rings. The summed E-state index contributed by atoms with van der Waals surface area (Å²) in [4.78, 5) is 28.0. The molecule has 10 heteroatoms. The SMILES string of the molecule is CCCNC(=O)C(C)N(Cc1ccccc1F)C(=O)CN(c1ccccc1OCC)S(=O)(=O)c1ccccc1. The molecule has 1 unspecified atom stereocenters. The normalized spacial score (nSPS) is 11.9. The van der Waals surface area contributed by atoms with Crippen molar-refractivity contribution >= 4 is 27.5 Å². The number of sulfonamides is 1. The minimum Gasteiger partial charge on any atom is -0.492 e. The number of nitrogens with one attached hydrogen (secondary N) is 1. The van der Waals surface area contributed by atoms with Crippen molar-refractivity contribution in [3.63, 3.8) is 0 Å². The topological polar surface area (TPSA) is 96.0 Å². The van der Waals surface area contributed by atoms with Crippen molar-refractivity contribution < 1.29 is 27.1 Å². The molecule has 0 spiro atoms. The van der Waals surface area contributed by atoms with Gasteiger partial charge in [-0.2, -0.15) is 0 Å². The molecule has 39 heavy (non-hydrogen) atoms. The molecule has 0 fully saturated rings. The van der Waals surface area contributed by atoms with E-state index in [4.69, 9.17) is 4.74 Å². The van der Waals surface area contributed by atoms with Crippen LogP contribution in [0.3, 0.4) is 0 Å². The number of para-hydroxylation sites is 2. The molecule has 0 aliphatic heterocycles. The predicted molar refractivity (Wildman–Crippen MR) is 148 cm³/mol. The van der Waals surface area contributed by atoms with E-state index in [-0.39, 0.29) is 35.0 Å². The van der Waals surface area contributed by atoms with Crippen molar-refractivity contribution in [2.75, 3.05) is 24.0 Å². The molecular weight excluding hydrogens is 521 g/mol. The van der Waals surface area contributed by atoms with E-state index in [9.17, 15) is 22.4 Å². The largest absolute Gasteiger partial charge is 0.492 e. The van der Waals surface area contributed by atoms with E-state index in [1.165, 1.54) is 42.2 Å². The maximum absolute atomic E-state index is 14.6. The maximum atomic E-state index is 14.6. The van der Waals surface area contributed by atoms with Crippen LogP contribution in [-0.2, 0) is 26.2 Å². The fourth-order valence-electron chi connectivity index (χ4n) is 3.96. The van der Waals surface area contributed by atoms with Crippen LogP contribution in [0.25, 0.3) is 0 Å². The number of nitrogens with zero attached hydrogens (tertiary/aromatic N) is 2. The first-order valence-corrected chi connectivity index (χ1v) is 14.2. The summed E-state index contributed by atoms with van der Waals surface area (Å²) in [5, 5.41) is 2.76. The van der Waals surface area contributed by atoms with Crippen molar-refractivity contribution in [1.82, 2.24) is 10.2 Å². The fraction of sp³-hybridized carbons (Fsp3) is 0.310. The Balaban J connectivity index is 2.07. The predicted octanol–water partition coefficient (Wildman–Crippen LogP) is 4.36. The quantitative estimate of drug-likeness (QED) is 0.338. The Kier molecular flexibility index (Phi) is 10.4. The molecule has 2 amide bonds. The third kappa shape index (κ3) is 7.35. The molecule has 0 saturated carbocycles. The van der Waals surface area contributed by atoms with Crippen LogP contribution >= 0.6 is 0 Å². The molecule has 0 aliphatic rings. The molecule has 0 aromatic heterocycles. The van der Waals surface area contributed by atoms with Crippen molar-refractivity contribution in [1.29, 1.82) is 0 Å². The number of hydrogen-bond donors (Lipinski definition) is 1. The first kappa shape index (κ1) is 29.6. The summed E-state index contributed by atoms with van der Waals surface area (Å²) in [5.74, 6) is -1.36. The van der Waals surface area contributed by atoms with Crippen LogP contribution in [0.2, 0.25) is 0 Å². The highest BCUT2D eigenvalue weighted by Gasteiger charge is 2.34. The highest BCUT2D eigenvalue weighted by Crippen LogP contribution is 2.32. The van der Waals surface area contributed by atoms with Crippen LogP contribution in [0.1, 0.15) is 32.8 Å². The van der Waals surface area contributed by atoms with E-state index < -0.39 is 40.2 Å². The molecule has 0 heterocycles.